The van der Waals surface area contributed by atoms with Crippen molar-refractivity contribution in [1.82, 2.24) is 0 Å². The third-order valence-electron chi connectivity index (χ3n) is 2.22. The van der Waals surface area contributed by atoms with Gasteiger partial charge in [-0.1, -0.05) is 37.6 Å². The lowest BCUT2D eigenvalue weighted by atomic mass is 10.0. The summed E-state index contributed by atoms with van der Waals surface area (Å²) in [5.41, 5.74) is 6.82. The molecule has 14 heavy (non-hydrogen) atoms. The summed E-state index contributed by atoms with van der Waals surface area (Å²) in [5.74, 6) is 0. The van der Waals surface area contributed by atoms with Crippen LogP contribution in [0.5, 0.6) is 0 Å². The van der Waals surface area contributed by atoms with Crippen molar-refractivity contribution in [3.05, 3.63) is 35.4 Å². The van der Waals surface area contributed by atoms with Crippen molar-refractivity contribution in [2.24, 2.45) is 5.73 Å². The SMILES string of the molecule is CCC[C@H](N)c1ccc(C(F)F)cc1. The number of rotatable bonds is 4. The molecule has 0 heterocycles. The molecule has 0 aliphatic rings. The van der Waals surface area contributed by atoms with Crippen molar-refractivity contribution >= 4 is 0 Å². The molecule has 1 rings (SSSR count). The van der Waals surface area contributed by atoms with E-state index in [-0.39, 0.29) is 11.6 Å². The second-order valence-electron chi connectivity index (χ2n) is 3.36. The Balaban J connectivity index is 2.72. The third kappa shape index (κ3) is 2.77. The number of halogens is 2. The number of alkyl halides is 2. The van der Waals surface area contributed by atoms with Gasteiger partial charge < -0.3 is 5.73 Å². The molecule has 78 valence electrons. The minimum Gasteiger partial charge on any atom is -0.324 e. The Bertz CT molecular complexity index is 269. The molecule has 1 aromatic carbocycles. The van der Waals surface area contributed by atoms with E-state index in [2.05, 4.69) is 0 Å². The summed E-state index contributed by atoms with van der Waals surface area (Å²) < 4.78 is 24.4. The maximum Gasteiger partial charge on any atom is 0.263 e. The molecule has 0 unspecified atom stereocenters. The average molecular weight is 199 g/mol. The van der Waals surface area contributed by atoms with Crippen molar-refractivity contribution in [3.8, 4) is 0 Å². The van der Waals surface area contributed by atoms with Gasteiger partial charge in [-0.15, -0.1) is 0 Å². The Hall–Kier alpha value is -0.960. The molecular formula is C11H15F2N. The van der Waals surface area contributed by atoms with Crippen LogP contribution in [0.3, 0.4) is 0 Å². The first-order valence-corrected chi connectivity index (χ1v) is 4.78. The molecule has 1 aromatic rings. The smallest absolute Gasteiger partial charge is 0.263 e. The third-order valence-corrected chi connectivity index (χ3v) is 2.22. The Labute approximate surface area is 82.9 Å². The standard InChI is InChI=1S/C11H15F2N/c1-2-3-10(14)8-4-6-9(7-5-8)11(12)13/h4-7,10-11H,2-3,14H2,1H3/t10-/m0/s1. The molecule has 0 spiro atoms. The van der Waals surface area contributed by atoms with Crippen LogP contribution in [0.4, 0.5) is 8.78 Å². The Morgan fingerprint density at radius 2 is 1.64 bits per heavy atom. The van der Waals surface area contributed by atoms with Gasteiger partial charge >= 0.3 is 0 Å². The quantitative estimate of drug-likeness (QED) is 0.789. The van der Waals surface area contributed by atoms with E-state index in [4.69, 9.17) is 5.73 Å². The van der Waals surface area contributed by atoms with Gasteiger partial charge in [-0.2, -0.15) is 0 Å². The van der Waals surface area contributed by atoms with Gasteiger partial charge in [0, 0.05) is 11.6 Å². The largest absolute Gasteiger partial charge is 0.324 e. The summed E-state index contributed by atoms with van der Waals surface area (Å²) in [4.78, 5) is 0. The molecular weight excluding hydrogens is 184 g/mol. The van der Waals surface area contributed by atoms with E-state index in [0.717, 1.165) is 18.4 Å². The molecule has 0 aliphatic heterocycles. The molecule has 1 atom stereocenters. The van der Waals surface area contributed by atoms with Crippen molar-refractivity contribution in [3.63, 3.8) is 0 Å². The van der Waals surface area contributed by atoms with Gasteiger partial charge in [0.2, 0.25) is 0 Å². The van der Waals surface area contributed by atoms with E-state index < -0.39 is 6.43 Å². The first-order chi connectivity index (χ1) is 6.65. The van der Waals surface area contributed by atoms with Gasteiger partial charge in [-0.05, 0) is 12.0 Å². The van der Waals surface area contributed by atoms with E-state index in [1.54, 1.807) is 12.1 Å². The Morgan fingerprint density at radius 1 is 1.14 bits per heavy atom. The predicted octanol–water partition coefficient (Wildman–Crippen LogP) is 3.42. The zero-order valence-electron chi connectivity index (χ0n) is 8.21. The van der Waals surface area contributed by atoms with Crippen molar-refractivity contribution in [1.29, 1.82) is 0 Å². The van der Waals surface area contributed by atoms with Crippen LogP contribution >= 0.6 is 0 Å². The Morgan fingerprint density at radius 3 is 2.07 bits per heavy atom. The fraction of sp³-hybridized carbons (Fsp3) is 0.455. The van der Waals surface area contributed by atoms with E-state index in [1.165, 1.54) is 12.1 Å². The lowest BCUT2D eigenvalue weighted by Gasteiger charge is -2.10. The van der Waals surface area contributed by atoms with Gasteiger partial charge in [0.25, 0.3) is 6.43 Å². The van der Waals surface area contributed by atoms with Gasteiger partial charge in [0.05, 0.1) is 0 Å². The molecule has 0 aliphatic carbocycles. The van der Waals surface area contributed by atoms with Crippen LogP contribution in [0.1, 0.15) is 43.4 Å². The number of nitrogens with two attached hydrogens (primary N) is 1. The average Bonchev–Trinajstić information content (AvgIpc) is 2.18. The van der Waals surface area contributed by atoms with Gasteiger partial charge in [0.1, 0.15) is 0 Å². The van der Waals surface area contributed by atoms with Crippen molar-refractivity contribution < 1.29 is 8.78 Å². The molecule has 0 bridgehead atoms. The summed E-state index contributed by atoms with van der Waals surface area (Å²) in [5, 5.41) is 0. The number of hydrogen-bond acceptors (Lipinski definition) is 1. The molecule has 3 heteroatoms. The highest BCUT2D eigenvalue weighted by molar-refractivity contribution is 5.25. The second-order valence-corrected chi connectivity index (χ2v) is 3.36. The molecule has 0 saturated carbocycles. The highest BCUT2D eigenvalue weighted by Gasteiger charge is 2.08. The van der Waals surface area contributed by atoms with E-state index in [0.29, 0.717) is 0 Å². The van der Waals surface area contributed by atoms with Crippen LogP contribution in [-0.4, -0.2) is 0 Å². The first kappa shape index (κ1) is 11.1. The van der Waals surface area contributed by atoms with Crippen LogP contribution in [0, 0.1) is 0 Å². The van der Waals surface area contributed by atoms with E-state index >= 15 is 0 Å². The van der Waals surface area contributed by atoms with Gasteiger partial charge in [-0.3, -0.25) is 0 Å². The molecule has 0 amide bonds. The lowest BCUT2D eigenvalue weighted by Crippen LogP contribution is -2.09. The molecule has 0 fully saturated rings. The zero-order chi connectivity index (χ0) is 10.6. The second kappa shape index (κ2) is 5.05. The summed E-state index contributed by atoms with van der Waals surface area (Å²) in [6.45, 7) is 2.05. The molecule has 0 saturated heterocycles. The predicted molar refractivity (Wildman–Crippen MR) is 53.2 cm³/mol. The van der Waals surface area contributed by atoms with Crippen molar-refractivity contribution in [2.75, 3.05) is 0 Å². The Kier molecular flexibility index (Phi) is 4.01. The summed E-state index contributed by atoms with van der Waals surface area (Å²) in [6, 6.07) is 6.21. The summed E-state index contributed by atoms with van der Waals surface area (Å²) >= 11 is 0. The molecule has 0 aromatic heterocycles. The minimum absolute atomic E-state index is 0.0354. The molecule has 0 radical (unpaired) electrons. The van der Waals surface area contributed by atoms with Crippen LogP contribution in [0.15, 0.2) is 24.3 Å². The van der Waals surface area contributed by atoms with Crippen LogP contribution in [0.2, 0.25) is 0 Å². The fourth-order valence-electron chi connectivity index (χ4n) is 1.37. The highest BCUT2D eigenvalue weighted by atomic mass is 19.3. The van der Waals surface area contributed by atoms with Gasteiger partial charge in [0.15, 0.2) is 0 Å². The summed E-state index contributed by atoms with van der Waals surface area (Å²) in [7, 11) is 0. The van der Waals surface area contributed by atoms with Gasteiger partial charge in [-0.25, -0.2) is 8.78 Å². The highest BCUT2D eigenvalue weighted by Crippen LogP contribution is 2.21. The summed E-state index contributed by atoms with van der Waals surface area (Å²) in [6.07, 6.45) is -0.516. The zero-order valence-corrected chi connectivity index (χ0v) is 8.21. The van der Waals surface area contributed by atoms with Crippen LogP contribution < -0.4 is 5.73 Å². The van der Waals surface area contributed by atoms with E-state index in [9.17, 15) is 8.78 Å². The van der Waals surface area contributed by atoms with Crippen LogP contribution in [0.25, 0.3) is 0 Å². The normalized spacial score (nSPS) is 13.2. The van der Waals surface area contributed by atoms with Crippen LogP contribution in [-0.2, 0) is 0 Å². The monoisotopic (exact) mass is 199 g/mol. The minimum atomic E-state index is -2.40. The molecule has 2 N–H and O–H groups in total. The number of hydrogen-bond donors (Lipinski definition) is 1. The topological polar surface area (TPSA) is 26.0 Å². The first-order valence-electron chi connectivity index (χ1n) is 4.78. The van der Waals surface area contributed by atoms with Crippen molar-refractivity contribution in [2.45, 2.75) is 32.2 Å². The number of benzene rings is 1. The lowest BCUT2D eigenvalue weighted by molar-refractivity contribution is 0.151. The fourth-order valence-corrected chi connectivity index (χ4v) is 1.37. The van der Waals surface area contributed by atoms with E-state index in [1.807, 2.05) is 6.92 Å². The molecule has 1 nitrogen and oxygen atoms in total. The maximum absolute atomic E-state index is 12.2. The maximum atomic E-state index is 12.2.